The van der Waals surface area contributed by atoms with Crippen molar-refractivity contribution >= 4 is 23.7 Å². The summed E-state index contributed by atoms with van der Waals surface area (Å²) < 4.78 is 8.92. The van der Waals surface area contributed by atoms with Crippen molar-refractivity contribution in [2.45, 2.75) is 6.54 Å². The zero-order valence-electron chi connectivity index (χ0n) is 6.01. The van der Waals surface area contributed by atoms with Gasteiger partial charge in [-0.15, -0.1) is 0 Å². The molecule has 0 heterocycles. The molecule has 0 atom stereocenters. The molecule has 0 saturated heterocycles. The Balaban J connectivity index is 3.02. The standard InChI is InChI=1S/C7H6Cl2NO2/c8-11-6-2-1-5(4-10)7(3-6)12-9/h1-3,10H,4H2. The molecule has 0 bridgehead atoms. The fourth-order valence-electron chi connectivity index (χ4n) is 0.801. The molecule has 1 aromatic carbocycles. The first-order valence-corrected chi connectivity index (χ1v) is 3.78. The fourth-order valence-corrected chi connectivity index (χ4v) is 1.04. The summed E-state index contributed by atoms with van der Waals surface area (Å²) in [6, 6.07) is 4.82. The molecule has 0 aliphatic carbocycles. The number of benzene rings is 1. The Bertz CT molecular complexity index is 268. The van der Waals surface area contributed by atoms with Crippen molar-refractivity contribution in [3.8, 4) is 11.5 Å². The molecule has 0 aliphatic rings. The Morgan fingerprint density at radius 2 is 2.00 bits per heavy atom. The smallest absolute Gasteiger partial charge is 0.154 e. The number of hydrogen-bond acceptors (Lipinski definition) is 2. The molecular weight excluding hydrogens is 201 g/mol. The third-order valence-electron chi connectivity index (χ3n) is 1.40. The van der Waals surface area contributed by atoms with Gasteiger partial charge in [-0.3, -0.25) is 5.73 Å². The van der Waals surface area contributed by atoms with Crippen LogP contribution in [0.4, 0.5) is 0 Å². The second-order valence-corrected chi connectivity index (χ2v) is 2.41. The van der Waals surface area contributed by atoms with Crippen LogP contribution in [0.1, 0.15) is 5.56 Å². The summed E-state index contributed by atoms with van der Waals surface area (Å²) in [5.41, 5.74) is 7.79. The lowest BCUT2D eigenvalue weighted by molar-refractivity contribution is 0.583. The van der Waals surface area contributed by atoms with Crippen LogP contribution in [0.5, 0.6) is 11.5 Å². The van der Waals surface area contributed by atoms with Crippen molar-refractivity contribution in [2.24, 2.45) is 0 Å². The molecule has 3 nitrogen and oxygen atoms in total. The van der Waals surface area contributed by atoms with Crippen molar-refractivity contribution in [2.75, 3.05) is 0 Å². The van der Waals surface area contributed by atoms with E-state index in [9.17, 15) is 0 Å². The zero-order chi connectivity index (χ0) is 8.97. The van der Waals surface area contributed by atoms with Gasteiger partial charge in [0.2, 0.25) is 0 Å². The van der Waals surface area contributed by atoms with Crippen LogP contribution in [0.15, 0.2) is 18.2 Å². The van der Waals surface area contributed by atoms with Gasteiger partial charge in [0.1, 0.15) is 29.5 Å². The van der Waals surface area contributed by atoms with Gasteiger partial charge in [0, 0.05) is 18.2 Å². The minimum atomic E-state index is 0.102. The first-order valence-electron chi connectivity index (χ1n) is 3.16. The van der Waals surface area contributed by atoms with Crippen molar-refractivity contribution < 1.29 is 8.58 Å². The summed E-state index contributed by atoms with van der Waals surface area (Å²) in [5, 5.41) is 0. The van der Waals surface area contributed by atoms with Crippen molar-refractivity contribution in [3.63, 3.8) is 0 Å². The SMILES string of the molecule is [NH]Cc1ccc(OCl)cc1OCl. The van der Waals surface area contributed by atoms with Crippen LogP contribution in [0.25, 0.3) is 0 Å². The molecule has 1 radical (unpaired) electrons. The summed E-state index contributed by atoms with van der Waals surface area (Å²) in [4.78, 5) is 0. The molecule has 0 spiro atoms. The van der Waals surface area contributed by atoms with Crippen LogP contribution in [0.2, 0.25) is 0 Å². The van der Waals surface area contributed by atoms with E-state index in [1.165, 1.54) is 6.07 Å². The highest BCUT2D eigenvalue weighted by Crippen LogP contribution is 2.26. The molecule has 5 heteroatoms. The van der Waals surface area contributed by atoms with Gasteiger partial charge in [-0.2, -0.15) is 0 Å². The molecule has 12 heavy (non-hydrogen) atoms. The molecule has 0 amide bonds. The second-order valence-electron chi connectivity index (χ2n) is 2.10. The Morgan fingerprint density at radius 1 is 1.25 bits per heavy atom. The average Bonchev–Trinajstić information content (AvgIpc) is 2.16. The van der Waals surface area contributed by atoms with E-state index in [2.05, 4.69) is 8.58 Å². The lowest BCUT2D eigenvalue weighted by Crippen LogP contribution is -1.89. The topological polar surface area (TPSA) is 42.3 Å². The van der Waals surface area contributed by atoms with Crippen LogP contribution in [-0.4, -0.2) is 0 Å². The lowest BCUT2D eigenvalue weighted by atomic mass is 10.2. The van der Waals surface area contributed by atoms with Gasteiger partial charge >= 0.3 is 0 Å². The first-order chi connectivity index (χ1) is 5.81. The van der Waals surface area contributed by atoms with Gasteiger partial charge < -0.3 is 8.58 Å². The molecule has 0 aliphatic heterocycles. The average molecular weight is 207 g/mol. The molecule has 0 unspecified atom stereocenters. The highest BCUT2D eigenvalue weighted by atomic mass is 35.5. The Morgan fingerprint density at radius 3 is 2.50 bits per heavy atom. The van der Waals surface area contributed by atoms with E-state index >= 15 is 0 Å². The maximum atomic E-state index is 7.10. The summed E-state index contributed by atoms with van der Waals surface area (Å²) in [6.07, 6.45) is 0. The predicted molar refractivity (Wildman–Crippen MR) is 46.2 cm³/mol. The number of halogens is 2. The van der Waals surface area contributed by atoms with Crippen LogP contribution < -0.4 is 14.3 Å². The van der Waals surface area contributed by atoms with Crippen LogP contribution in [0, 0.1) is 0 Å². The zero-order valence-corrected chi connectivity index (χ0v) is 7.52. The van der Waals surface area contributed by atoms with Crippen LogP contribution >= 0.6 is 23.7 Å². The predicted octanol–water partition coefficient (Wildman–Crippen LogP) is 2.53. The molecule has 0 saturated carbocycles. The molecule has 1 N–H and O–H groups in total. The minimum Gasteiger partial charge on any atom is -0.385 e. The Kier molecular flexibility index (Phi) is 3.47. The summed E-state index contributed by atoms with van der Waals surface area (Å²) in [5.74, 6) is 0.828. The highest BCUT2D eigenvalue weighted by molar-refractivity contribution is 6.09. The summed E-state index contributed by atoms with van der Waals surface area (Å²) in [7, 11) is 0. The minimum absolute atomic E-state index is 0.102. The van der Waals surface area contributed by atoms with Crippen molar-refractivity contribution in [1.29, 1.82) is 0 Å². The van der Waals surface area contributed by atoms with E-state index in [0.717, 1.165) is 0 Å². The summed E-state index contributed by atoms with van der Waals surface area (Å²) >= 11 is 10.3. The van der Waals surface area contributed by atoms with Gasteiger partial charge in [0.15, 0.2) is 5.75 Å². The third-order valence-corrected chi connectivity index (χ3v) is 1.75. The monoisotopic (exact) mass is 206 g/mol. The maximum absolute atomic E-state index is 7.10. The number of nitrogens with one attached hydrogen (secondary N) is 1. The molecule has 1 rings (SSSR count). The van der Waals surface area contributed by atoms with E-state index in [1.807, 2.05) is 0 Å². The van der Waals surface area contributed by atoms with Crippen LogP contribution in [0.3, 0.4) is 0 Å². The number of rotatable bonds is 3. The van der Waals surface area contributed by atoms with E-state index in [4.69, 9.17) is 29.5 Å². The maximum Gasteiger partial charge on any atom is 0.154 e. The first kappa shape index (κ1) is 9.45. The van der Waals surface area contributed by atoms with E-state index < -0.39 is 0 Å². The third kappa shape index (κ3) is 1.94. The van der Waals surface area contributed by atoms with E-state index in [1.54, 1.807) is 12.1 Å². The van der Waals surface area contributed by atoms with Gasteiger partial charge in [0.25, 0.3) is 0 Å². The summed E-state index contributed by atoms with van der Waals surface area (Å²) in [6.45, 7) is 0.102. The van der Waals surface area contributed by atoms with Gasteiger partial charge in [-0.05, 0) is 6.07 Å². The quantitative estimate of drug-likeness (QED) is 0.764. The molecule has 0 aromatic heterocycles. The van der Waals surface area contributed by atoms with Gasteiger partial charge in [-0.1, -0.05) is 6.07 Å². The number of hydrogen-bond donors (Lipinski definition) is 0. The van der Waals surface area contributed by atoms with Crippen LogP contribution in [-0.2, 0) is 6.54 Å². The highest BCUT2D eigenvalue weighted by Gasteiger charge is 2.04. The Labute approximate surface area is 80.3 Å². The van der Waals surface area contributed by atoms with Gasteiger partial charge in [0.05, 0.1) is 0 Å². The molecule has 1 aromatic rings. The van der Waals surface area contributed by atoms with Crippen molar-refractivity contribution in [3.05, 3.63) is 23.8 Å². The Hall–Kier alpha value is -0.640. The largest absolute Gasteiger partial charge is 0.385 e. The molecule has 0 fully saturated rings. The fraction of sp³-hybridized carbons (Fsp3) is 0.143. The molecular formula is C7H6Cl2NO2. The van der Waals surface area contributed by atoms with Gasteiger partial charge in [-0.25, -0.2) is 0 Å². The van der Waals surface area contributed by atoms with Crippen molar-refractivity contribution in [1.82, 2.24) is 5.73 Å². The molecule has 65 valence electrons. The normalized spacial score (nSPS) is 9.58. The lowest BCUT2D eigenvalue weighted by Gasteiger charge is -2.03. The second kappa shape index (κ2) is 4.40. The van der Waals surface area contributed by atoms with E-state index in [0.29, 0.717) is 17.1 Å². The van der Waals surface area contributed by atoms with E-state index in [-0.39, 0.29) is 6.54 Å².